The van der Waals surface area contributed by atoms with Crippen molar-refractivity contribution >= 4 is 89.4 Å². The summed E-state index contributed by atoms with van der Waals surface area (Å²) in [6.07, 6.45) is 29.0. The van der Waals surface area contributed by atoms with Gasteiger partial charge in [0.15, 0.2) is 0 Å². The second kappa shape index (κ2) is 50.7. The summed E-state index contributed by atoms with van der Waals surface area (Å²) in [5.41, 5.74) is 17.2. The molecule has 0 bridgehead atoms. The number of aliphatic imine (C=N–C) groups is 3. The number of hydrogen-bond donors (Lipinski definition) is 3. The molecule has 3 aliphatic rings. The molecule has 9 aromatic heterocycles. The number of thiophene rings is 3. The van der Waals surface area contributed by atoms with Gasteiger partial charge in [-0.25, -0.2) is 15.0 Å². The van der Waals surface area contributed by atoms with E-state index in [1.807, 2.05) is 128 Å². The summed E-state index contributed by atoms with van der Waals surface area (Å²) in [4.78, 5) is 36.5. The third kappa shape index (κ3) is 29.6. The normalized spacial score (nSPS) is 13.6. The van der Waals surface area contributed by atoms with Crippen LogP contribution in [0.5, 0.6) is 5.75 Å². The molecule has 138 heavy (non-hydrogen) atoms. The van der Waals surface area contributed by atoms with Crippen molar-refractivity contribution in [2.24, 2.45) is 15.0 Å². The first kappa shape index (κ1) is 107. The summed E-state index contributed by atoms with van der Waals surface area (Å²) in [5.74, 6) is 0.844. The molecule has 0 amide bonds. The zero-order valence-corrected chi connectivity index (χ0v) is 87.9. The van der Waals surface area contributed by atoms with Crippen LogP contribution in [-0.4, -0.2) is 98.7 Å². The summed E-state index contributed by atoms with van der Waals surface area (Å²) in [6.45, 7) is 32.3. The largest absolute Gasteiger partial charge is 0.543 e. The minimum Gasteiger partial charge on any atom is -0.543 e. The lowest BCUT2D eigenvalue weighted by Gasteiger charge is -2.33. The van der Waals surface area contributed by atoms with E-state index in [-0.39, 0.29) is 17.1 Å². The van der Waals surface area contributed by atoms with Crippen LogP contribution in [0.1, 0.15) is 304 Å². The number of allylic oxidation sites excluding steroid dienone is 3. The van der Waals surface area contributed by atoms with E-state index < -0.39 is 52.0 Å². The van der Waals surface area contributed by atoms with Crippen molar-refractivity contribution in [3.8, 4) is 92.8 Å². The van der Waals surface area contributed by atoms with E-state index in [0.29, 0.717) is 48.1 Å². The Balaban J connectivity index is 0.000000201. The number of para-hydroxylation sites is 1. The number of nitrogens with zero attached hydrogens (tertiary/aromatic N) is 9. The lowest BCUT2D eigenvalue weighted by atomic mass is 9.93. The van der Waals surface area contributed by atoms with Crippen molar-refractivity contribution < 1.29 is 43.9 Å². The van der Waals surface area contributed by atoms with Gasteiger partial charge in [-0.05, 0) is 233 Å². The molecule has 13 nitrogen and oxygen atoms in total. The smallest absolute Gasteiger partial charge is 0.432 e. The summed E-state index contributed by atoms with van der Waals surface area (Å²) in [5, 5.41) is 19.9. The average molecular weight is 1980 g/mol. The summed E-state index contributed by atoms with van der Waals surface area (Å²) >= 11 is 6.01. The van der Waals surface area contributed by atoms with Crippen molar-refractivity contribution in [3.63, 3.8) is 0 Å². The number of halogens is 9. The number of unbranched alkanes of at least 4 members (excludes halogenated alkanes) is 18. The molecule has 14 rings (SSSR count). The number of aromatic amines is 3. The lowest BCUT2D eigenvalue weighted by Crippen LogP contribution is -2.41. The second-order valence-corrected chi connectivity index (χ2v) is 50.9. The van der Waals surface area contributed by atoms with E-state index in [2.05, 4.69) is 162 Å². The van der Waals surface area contributed by atoms with Gasteiger partial charge in [-0.3, -0.25) is 30.3 Å². The van der Waals surface area contributed by atoms with Crippen molar-refractivity contribution in [3.05, 3.63) is 194 Å². The predicted molar refractivity (Wildman–Crippen MR) is 567 cm³/mol. The summed E-state index contributed by atoms with van der Waals surface area (Å²) in [7, 11) is -3.62. The number of aryl methyl sites for hydroxylation is 4. The zero-order valence-electron chi connectivity index (χ0n) is 83.4. The van der Waals surface area contributed by atoms with Crippen LogP contribution in [0.4, 0.5) is 39.5 Å². The highest BCUT2D eigenvalue weighted by Crippen LogP contribution is 2.55. The average Bonchev–Trinajstić information content (AvgIpc) is 1.58. The number of hydrogen-bond acceptors (Lipinski definition) is 13. The number of pyridine rings is 3. The Morgan fingerprint density at radius 1 is 0.341 bits per heavy atom. The minimum atomic E-state index is -4.54. The molecule has 3 N–H and O–H groups in total. The van der Waals surface area contributed by atoms with Crippen LogP contribution in [0.15, 0.2) is 148 Å². The van der Waals surface area contributed by atoms with Crippen molar-refractivity contribution in [2.45, 2.75) is 332 Å². The zero-order chi connectivity index (χ0) is 98.7. The van der Waals surface area contributed by atoms with E-state index in [4.69, 9.17) is 14.4 Å². The molecule has 11 aromatic rings. The molecule has 0 saturated carbocycles. The van der Waals surface area contributed by atoms with Gasteiger partial charge in [0.05, 0.1) is 66.7 Å². The molecular formula is C111H141F9N12OS3Si2. The third-order valence-electron chi connectivity index (χ3n) is 25.9. The molecule has 740 valence electrons. The number of H-pyrrole nitrogens is 3. The first-order valence-corrected chi connectivity index (χ1v) is 59.1. The van der Waals surface area contributed by atoms with Crippen LogP contribution in [0.25, 0.3) is 104 Å². The molecule has 0 spiro atoms. The molecule has 0 saturated heterocycles. The number of benzene rings is 2. The monoisotopic (exact) mass is 1980 g/mol. The van der Waals surface area contributed by atoms with Crippen LogP contribution in [0, 0.1) is 0 Å². The van der Waals surface area contributed by atoms with Gasteiger partial charge in [0.1, 0.15) is 39.9 Å². The Labute approximate surface area is 826 Å². The quantitative estimate of drug-likeness (QED) is 0.0193. The van der Waals surface area contributed by atoms with E-state index in [9.17, 15) is 39.5 Å². The molecule has 3 aliphatic heterocycles. The fraction of sp³-hybridized carbons (Fsp3) is 0.486. The Morgan fingerprint density at radius 2 is 0.717 bits per heavy atom. The maximum atomic E-state index is 14.0. The van der Waals surface area contributed by atoms with Gasteiger partial charge in [0.2, 0.25) is 0 Å². The topological polar surface area (TPSA) is 171 Å². The maximum Gasteiger partial charge on any atom is 0.432 e. The van der Waals surface area contributed by atoms with Crippen LogP contribution in [0.2, 0.25) is 37.8 Å². The number of nitrogens with one attached hydrogen (secondary N) is 3. The SMILES string of the molecule is CC1=NCC(c2cc(-c3cccc([Si](C)(C)C)c3)cc(-c3cc(C(F)(F)F)[nH]n3)n2)=C1.CCCCCCc1cc(CCCCCC)c(-c2sc(-c3cc(C4=CC(C)=NC4)nc(-c4cc(C(F)(F)F)[nH]n4)c3)c(CCCCCC)c2-c2sc(CCCCCC)cc2CCCCCC)s1.CCCC[Si](CCCC)(CCCC)Oc1ccccc1-c1cc(C2=CC(C)=NC2)nc(-c2cc(C(F)(F)F)[nH]n2)c1. The molecule has 0 atom stereocenters. The molecule has 0 aliphatic carbocycles. The fourth-order valence-electron chi connectivity index (χ4n) is 18.1. The molecular weight excluding hydrogens is 1840 g/mol. The molecule has 2 aromatic carbocycles. The van der Waals surface area contributed by atoms with E-state index in [0.717, 1.165) is 199 Å². The molecule has 0 radical (unpaired) electrons. The fourth-order valence-corrected chi connectivity index (χ4v) is 28.1. The lowest BCUT2D eigenvalue weighted by molar-refractivity contribution is -0.142. The number of aromatic nitrogens is 9. The van der Waals surface area contributed by atoms with Crippen LogP contribution in [-0.2, 0) is 50.6 Å². The summed E-state index contributed by atoms with van der Waals surface area (Å²) < 4.78 is 129. The highest BCUT2D eigenvalue weighted by Gasteiger charge is 2.39. The molecule has 27 heteroatoms. The Kier molecular flexibility index (Phi) is 39.4. The number of alkyl halides is 9. The van der Waals surface area contributed by atoms with Crippen molar-refractivity contribution in [1.29, 1.82) is 0 Å². The molecule has 12 heterocycles. The molecule has 0 unspecified atom stereocenters. The van der Waals surface area contributed by atoms with Crippen molar-refractivity contribution in [1.82, 2.24) is 45.5 Å². The Hall–Kier alpha value is -9.55. The van der Waals surface area contributed by atoms with Crippen LogP contribution in [0.3, 0.4) is 0 Å². The van der Waals surface area contributed by atoms with E-state index in [1.54, 1.807) is 6.07 Å². The minimum absolute atomic E-state index is 0.146. The predicted octanol–water partition coefficient (Wildman–Crippen LogP) is 34.4. The summed E-state index contributed by atoms with van der Waals surface area (Å²) in [6, 6.07) is 39.8. The van der Waals surface area contributed by atoms with Gasteiger partial charge in [-0.1, -0.05) is 258 Å². The van der Waals surface area contributed by atoms with Crippen molar-refractivity contribution in [2.75, 3.05) is 19.6 Å². The van der Waals surface area contributed by atoms with Gasteiger partial charge in [-0.2, -0.15) is 54.8 Å². The Morgan fingerprint density at radius 3 is 1.12 bits per heavy atom. The van der Waals surface area contributed by atoms with Gasteiger partial charge in [0.25, 0.3) is 8.32 Å². The second-order valence-electron chi connectivity index (χ2n) is 38.5. The molecule has 0 fully saturated rings. The highest BCUT2D eigenvalue weighted by molar-refractivity contribution is 7.25. The van der Waals surface area contributed by atoms with E-state index in [1.165, 1.54) is 166 Å². The number of rotatable bonds is 48. The van der Waals surface area contributed by atoms with Gasteiger partial charge in [0, 0.05) is 69.4 Å². The third-order valence-corrected chi connectivity index (χ3v) is 36.4. The standard InChI is InChI=1S/C56H77F3N4S3.C32H41F3N4OSi.C23H23F3N4Si/c1-7-12-17-22-27-40-33-44(29-24-19-14-9-3)64-53(40)51-46(31-26-21-16-11-5)52(66-55(51)54-41(28-23-18-13-8-2)34-45(65-54)30-25-20-15-10-4)42-35-47(43-32-39(6)60-38-43)61-48(36-42)49-37-50(63-62-49)56(57,58)59;1-5-8-15-41(16-9-6-2,17-10-7-3)40-30-14-12-11-13-26(30)24-19-27(25-18-23(4)36-22-25)37-28(20-24)29-21-31(39-38-29)32(33,34)35;1-14-8-17(13-27-14)19-10-16(15-6-5-7-18(9-15)31(2,3)4)11-20(28-19)21-12-22(30-29-21)23(24,25)26/h32-37H,7-31,38H2,1-6H3,(H,62,63);11-14,18-21H,5-10,15-17,22H2,1-4H3,(H,38,39);5-12H,13H2,1-4H3,(H,29,30). The first-order chi connectivity index (χ1) is 66.3. The van der Waals surface area contributed by atoms with Crippen LogP contribution < -0.4 is 9.61 Å². The van der Waals surface area contributed by atoms with Gasteiger partial charge < -0.3 is 4.43 Å². The van der Waals surface area contributed by atoms with E-state index >= 15 is 0 Å². The maximum absolute atomic E-state index is 14.0. The van der Waals surface area contributed by atoms with Gasteiger partial charge >= 0.3 is 18.5 Å². The Bertz CT molecular complexity index is 6000. The van der Waals surface area contributed by atoms with Gasteiger partial charge in [-0.15, -0.1) is 34.0 Å². The van der Waals surface area contributed by atoms with Crippen LogP contribution >= 0.6 is 34.0 Å². The first-order valence-electron chi connectivity index (χ1n) is 50.7. The highest BCUT2D eigenvalue weighted by atomic mass is 32.1.